The third kappa shape index (κ3) is 3.15. The van der Waals surface area contributed by atoms with Crippen molar-refractivity contribution in [2.75, 3.05) is 12.4 Å². The zero-order valence-electron chi connectivity index (χ0n) is 12.9. The molecule has 5 nitrogen and oxygen atoms in total. The number of imidazole rings is 1. The molecule has 0 aliphatic rings. The largest absolute Gasteiger partial charge is 0.373 e. The highest BCUT2D eigenvalue weighted by atomic mass is 15.1. The van der Waals surface area contributed by atoms with Crippen molar-refractivity contribution in [3.8, 4) is 11.5 Å². The predicted octanol–water partition coefficient (Wildman–Crippen LogP) is 3.16. The molecule has 0 atom stereocenters. The Labute approximate surface area is 120 Å². The summed E-state index contributed by atoms with van der Waals surface area (Å²) in [4.78, 5) is 13.5. The monoisotopic (exact) mass is 273 g/mol. The Morgan fingerprint density at radius 1 is 1.20 bits per heavy atom. The highest BCUT2D eigenvalue weighted by molar-refractivity contribution is 5.53. The van der Waals surface area contributed by atoms with Crippen molar-refractivity contribution in [2.24, 2.45) is 5.92 Å². The van der Waals surface area contributed by atoms with Crippen LogP contribution in [0.2, 0.25) is 0 Å². The molecular formula is C15H23N5. The maximum absolute atomic E-state index is 4.70. The molecule has 0 radical (unpaired) electrons. The van der Waals surface area contributed by atoms with Crippen LogP contribution < -0.4 is 5.32 Å². The van der Waals surface area contributed by atoms with Crippen molar-refractivity contribution in [1.29, 1.82) is 0 Å². The molecule has 2 rings (SSSR count). The molecule has 0 saturated carbocycles. The van der Waals surface area contributed by atoms with Gasteiger partial charge in [0, 0.05) is 24.8 Å². The van der Waals surface area contributed by atoms with Gasteiger partial charge in [0.1, 0.15) is 11.5 Å². The molecule has 0 amide bonds. The lowest BCUT2D eigenvalue weighted by Gasteiger charge is -2.13. The fraction of sp³-hybridized carbons (Fsp3) is 0.533. The molecule has 2 heterocycles. The zero-order valence-corrected chi connectivity index (χ0v) is 12.9. The van der Waals surface area contributed by atoms with Gasteiger partial charge in [-0.2, -0.15) is 0 Å². The first-order valence-electron chi connectivity index (χ1n) is 7.09. The zero-order chi connectivity index (χ0) is 14.7. The Morgan fingerprint density at radius 2 is 1.95 bits per heavy atom. The van der Waals surface area contributed by atoms with E-state index in [1.807, 2.05) is 25.6 Å². The van der Waals surface area contributed by atoms with Crippen LogP contribution in [-0.4, -0.2) is 26.6 Å². The lowest BCUT2D eigenvalue weighted by molar-refractivity contribution is 0.601. The molecule has 0 aliphatic carbocycles. The molecule has 20 heavy (non-hydrogen) atoms. The second kappa shape index (κ2) is 6.03. The fourth-order valence-corrected chi connectivity index (χ4v) is 2.15. The summed E-state index contributed by atoms with van der Waals surface area (Å²) in [6, 6.07) is 2.35. The summed E-state index contributed by atoms with van der Waals surface area (Å²) in [6.07, 6.45) is 4.60. The van der Waals surface area contributed by atoms with E-state index in [0.29, 0.717) is 12.0 Å². The number of hydrogen-bond acceptors (Lipinski definition) is 4. The van der Waals surface area contributed by atoms with Crippen molar-refractivity contribution in [1.82, 2.24) is 19.5 Å². The van der Waals surface area contributed by atoms with Gasteiger partial charge < -0.3 is 9.88 Å². The summed E-state index contributed by atoms with van der Waals surface area (Å²) in [5, 5.41) is 3.11. The van der Waals surface area contributed by atoms with Crippen LogP contribution in [0.5, 0.6) is 0 Å². The van der Waals surface area contributed by atoms with E-state index in [1.165, 1.54) is 0 Å². The molecule has 0 aliphatic heterocycles. The molecule has 1 N–H and O–H groups in total. The molecular weight excluding hydrogens is 250 g/mol. The Morgan fingerprint density at radius 3 is 2.55 bits per heavy atom. The van der Waals surface area contributed by atoms with Crippen molar-refractivity contribution in [3.63, 3.8) is 0 Å². The van der Waals surface area contributed by atoms with Gasteiger partial charge >= 0.3 is 0 Å². The fourth-order valence-electron chi connectivity index (χ4n) is 2.15. The maximum atomic E-state index is 4.70. The third-order valence-corrected chi connectivity index (χ3v) is 3.10. The second-order valence-electron chi connectivity index (χ2n) is 5.70. The third-order valence-electron chi connectivity index (χ3n) is 3.10. The van der Waals surface area contributed by atoms with Crippen molar-refractivity contribution >= 4 is 5.82 Å². The first-order valence-corrected chi connectivity index (χ1v) is 7.09. The molecule has 108 valence electrons. The van der Waals surface area contributed by atoms with Crippen molar-refractivity contribution < 1.29 is 0 Å². The molecule has 0 bridgehead atoms. The summed E-state index contributed by atoms with van der Waals surface area (Å²) in [5.41, 5.74) is 2.02. The average Bonchev–Trinajstić information content (AvgIpc) is 2.86. The molecule has 5 heteroatoms. The highest BCUT2D eigenvalue weighted by Crippen LogP contribution is 2.21. The number of anilines is 1. The van der Waals surface area contributed by atoms with Crippen molar-refractivity contribution in [3.05, 3.63) is 24.3 Å². The molecule has 0 fully saturated rings. The number of rotatable bonds is 5. The minimum Gasteiger partial charge on any atom is -0.373 e. The van der Waals surface area contributed by atoms with E-state index in [1.54, 1.807) is 0 Å². The Kier molecular flexibility index (Phi) is 4.37. The second-order valence-corrected chi connectivity index (χ2v) is 5.70. The van der Waals surface area contributed by atoms with Crippen LogP contribution in [0.1, 0.15) is 39.4 Å². The van der Waals surface area contributed by atoms with Crippen LogP contribution in [0, 0.1) is 5.92 Å². The van der Waals surface area contributed by atoms with Gasteiger partial charge in [0.05, 0.1) is 12.5 Å². The van der Waals surface area contributed by atoms with E-state index in [2.05, 4.69) is 47.5 Å². The lowest BCUT2D eigenvalue weighted by atomic mass is 10.1. The minimum absolute atomic E-state index is 0.336. The van der Waals surface area contributed by atoms with Crippen LogP contribution in [0.3, 0.4) is 0 Å². The quantitative estimate of drug-likeness (QED) is 0.909. The molecule has 0 saturated heterocycles. The van der Waals surface area contributed by atoms with Gasteiger partial charge in [-0.1, -0.05) is 13.8 Å². The van der Waals surface area contributed by atoms with E-state index >= 15 is 0 Å². The molecule has 2 aromatic heterocycles. The molecule has 0 unspecified atom stereocenters. The highest BCUT2D eigenvalue weighted by Gasteiger charge is 2.13. The summed E-state index contributed by atoms with van der Waals surface area (Å²) >= 11 is 0. The van der Waals surface area contributed by atoms with E-state index in [-0.39, 0.29) is 0 Å². The standard InChI is InChI=1S/C15H23N5/c1-10(2)6-12-7-14(16-5)19-15(18-12)13-8-17-9-20(13)11(3)4/h7-11H,6H2,1-5H3,(H,16,18,19). The molecule has 0 spiro atoms. The Hall–Kier alpha value is -1.91. The maximum Gasteiger partial charge on any atom is 0.180 e. The molecule has 0 aromatic carbocycles. The Balaban J connectivity index is 2.47. The van der Waals surface area contributed by atoms with E-state index < -0.39 is 0 Å². The van der Waals surface area contributed by atoms with Gasteiger partial charge in [0.15, 0.2) is 5.82 Å². The van der Waals surface area contributed by atoms with Gasteiger partial charge in [0.2, 0.25) is 0 Å². The van der Waals surface area contributed by atoms with Gasteiger partial charge in [-0.3, -0.25) is 0 Å². The summed E-state index contributed by atoms with van der Waals surface area (Å²) in [6.45, 7) is 8.64. The number of aromatic nitrogens is 4. The van der Waals surface area contributed by atoms with E-state index in [4.69, 9.17) is 4.98 Å². The van der Waals surface area contributed by atoms with Crippen LogP contribution in [0.4, 0.5) is 5.82 Å². The normalized spacial score (nSPS) is 11.3. The number of nitrogens with one attached hydrogen (secondary N) is 1. The van der Waals surface area contributed by atoms with Gasteiger partial charge in [-0.25, -0.2) is 15.0 Å². The van der Waals surface area contributed by atoms with Crippen LogP contribution in [0.25, 0.3) is 11.5 Å². The van der Waals surface area contributed by atoms with Crippen LogP contribution in [-0.2, 0) is 6.42 Å². The predicted molar refractivity (Wildman–Crippen MR) is 81.7 cm³/mol. The van der Waals surface area contributed by atoms with Gasteiger partial charge in [-0.05, 0) is 26.2 Å². The van der Waals surface area contributed by atoms with Gasteiger partial charge in [0.25, 0.3) is 0 Å². The summed E-state index contributed by atoms with van der Waals surface area (Å²) in [7, 11) is 1.88. The Bertz CT molecular complexity index is 571. The van der Waals surface area contributed by atoms with Gasteiger partial charge in [-0.15, -0.1) is 0 Å². The van der Waals surface area contributed by atoms with E-state index in [0.717, 1.165) is 29.5 Å². The van der Waals surface area contributed by atoms with Crippen LogP contribution in [0.15, 0.2) is 18.6 Å². The number of hydrogen-bond donors (Lipinski definition) is 1. The first-order chi connectivity index (χ1) is 9.51. The molecule has 2 aromatic rings. The SMILES string of the molecule is CNc1cc(CC(C)C)nc(-c2cncn2C(C)C)n1. The van der Waals surface area contributed by atoms with Crippen LogP contribution >= 0.6 is 0 Å². The number of nitrogens with zero attached hydrogens (tertiary/aromatic N) is 4. The first kappa shape index (κ1) is 14.5. The summed E-state index contributed by atoms with van der Waals surface area (Å²) < 4.78 is 2.09. The van der Waals surface area contributed by atoms with E-state index in [9.17, 15) is 0 Å². The summed E-state index contributed by atoms with van der Waals surface area (Å²) in [5.74, 6) is 2.15. The topological polar surface area (TPSA) is 55.6 Å². The minimum atomic E-state index is 0.336. The average molecular weight is 273 g/mol. The van der Waals surface area contributed by atoms with Crippen molar-refractivity contribution in [2.45, 2.75) is 40.2 Å². The smallest absolute Gasteiger partial charge is 0.180 e. The lowest BCUT2D eigenvalue weighted by Crippen LogP contribution is -2.07.